The van der Waals surface area contributed by atoms with E-state index < -0.39 is 0 Å². The Morgan fingerprint density at radius 2 is 2.29 bits per heavy atom. The Morgan fingerprint density at radius 1 is 1.50 bits per heavy atom. The minimum absolute atomic E-state index is 0.411. The summed E-state index contributed by atoms with van der Waals surface area (Å²) in [5.41, 5.74) is 6.20. The lowest BCUT2D eigenvalue weighted by Crippen LogP contribution is -2.24. The van der Waals surface area contributed by atoms with Crippen LogP contribution in [0.1, 0.15) is 12.6 Å². The number of rotatable bonds is 4. The molecule has 14 heavy (non-hydrogen) atoms. The molecule has 0 aliphatic rings. The molecule has 0 bridgehead atoms. The van der Waals surface area contributed by atoms with Crippen LogP contribution >= 0.6 is 0 Å². The first-order valence-corrected chi connectivity index (χ1v) is 4.53. The Hall–Kier alpha value is -1.60. The van der Waals surface area contributed by atoms with E-state index in [1.54, 1.807) is 0 Å². The summed E-state index contributed by atoms with van der Waals surface area (Å²) in [6.45, 7) is 3.80. The molecule has 0 fully saturated rings. The molecule has 0 radical (unpaired) electrons. The van der Waals surface area contributed by atoms with Gasteiger partial charge in [0.2, 0.25) is 0 Å². The molecule has 1 heterocycles. The summed E-state index contributed by atoms with van der Waals surface area (Å²) in [6.07, 6.45) is 5.24. The Bertz CT molecular complexity index is 312. The molecule has 0 amide bonds. The van der Waals surface area contributed by atoms with E-state index >= 15 is 0 Å². The van der Waals surface area contributed by atoms with Crippen LogP contribution in [0.25, 0.3) is 0 Å². The number of anilines is 1. The molecule has 0 atom stereocenters. The van der Waals surface area contributed by atoms with E-state index in [0.717, 1.165) is 18.1 Å². The second-order valence-corrected chi connectivity index (χ2v) is 2.81. The lowest BCUT2D eigenvalue weighted by atomic mass is 10.3. The van der Waals surface area contributed by atoms with Gasteiger partial charge in [-0.1, -0.05) is 5.92 Å². The van der Waals surface area contributed by atoms with Gasteiger partial charge < -0.3 is 10.6 Å². The monoisotopic (exact) mass is 190 g/mol. The van der Waals surface area contributed by atoms with Gasteiger partial charge in [0.15, 0.2) is 5.82 Å². The molecule has 0 spiro atoms. The summed E-state index contributed by atoms with van der Waals surface area (Å²) in [7, 11) is 0. The van der Waals surface area contributed by atoms with Crippen molar-refractivity contribution in [2.45, 2.75) is 13.5 Å². The maximum Gasteiger partial charge on any atom is 0.152 e. The summed E-state index contributed by atoms with van der Waals surface area (Å²) >= 11 is 0. The second-order valence-electron chi connectivity index (χ2n) is 2.81. The molecule has 1 rings (SSSR count). The third kappa shape index (κ3) is 2.44. The van der Waals surface area contributed by atoms with Crippen molar-refractivity contribution in [1.29, 1.82) is 0 Å². The summed E-state index contributed by atoms with van der Waals surface area (Å²) in [5.74, 6) is 3.37. The standard InChI is InChI=1S/C10H14N4/c1-3-7-14(4-2)10-6-5-9(8-11)12-13-10/h1,5-6H,4,7-8,11H2,2H3. The molecule has 0 saturated heterocycles. The molecule has 1 aromatic rings. The molecule has 0 aliphatic carbocycles. The van der Waals surface area contributed by atoms with Crippen molar-refractivity contribution in [2.75, 3.05) is 18.0 Å². The third-order valence-electron chi connectivity index (χ3n) is 1.90. The Morgan fingerprint density at radius 3 is 2.71 bits per heavy atom. The molecule has 4 heteroatoms. The molecule has 0 aromatic carbocycles. The number of nitrogens with two attached hydrogens (primary N) is 1. The number of terminal acetylenes is 1. The zero-order valence-electron chi connectivity index (χ0n) is 8.27. The third-order valence-corrected chi connectivity index (χ3v) is 1.90. The van der Waals surface area contributed by atoms with Crippen LogP contribution < -0.4 is 10.6 Å². The van der Waals surface area contributed by atoms with Gasteiger partial charge in [0.25, 0.3) is 0 Å². The van der Waals surface area contributed by atoms with Gasteiger partial charge in [0.1, 0.15) is 0 Å². The molecule has 0 saturated carbocycles. The molecule has 0 aliphatic heterocycles. The quantitative estimate of drug-likeness (QED) is 0.698. The Kier molecular flexibility index (Phi) is 3.89. The van der Waals surface area contributed by atoms with Crippen LogP contribution in [-0.4, -0.2) is 23.3 Å². The zero-order valence-corrected chi connectivity index (χ0v) is 8.27. The van der Waals surface area contributed by atoms with Crippen molar-refractivity contribution in [1.82, 2.24) is 10.2 Å². The fourth-order valence-electron chi connectivity index (χ4n) is 1.10. The summed E-state index contributed by atoms with van der Waals surface area (Å²) < 4.78 is 0. The summed E-state index contributed by atoms with van der Waals surface area (Å²) in [4.78, 5) is 1.97. The van der Waals surface area contributed by atoms with E-state index in [9.17, 15) is 0 Å². The van der Waals surface area contributed by atoms with E-state index in [2.05, 4.69) is 16.1 Å². The maximum absolute atomic E-state index is 5.42. The summed E-state index contributed by atoms with van der Waals surface area (Å²) in [6, 6.07) is 3.75. The molecular formula is C10H14N4. The Balaban J connectivity index is 2.79. The average Bonchev–Trinajstić information content (AvgIpc) is 2.26. The fraction of sp³-hybridized carbons (Fsp3) is 0.400. The van der Waals surface area contributed by atoms with E-state index in [4.69, 9.17) is 12.2 Å². The van der Waals surface area contributed by atoms with Crippen molar-refractivity contribution in [3.63, 3.8) is 0 Å². The highest BCUT2D eigenvalue weighted by Gasteiger charge is 2.03. The topological polar surface area (TPSA) is 55.0 Å². The Labute approximate surface area is 84.1 Å². The zero-order chi connectivity index (χ0) is 10.4. The van der Waals surface area contributed by atoms with Crippen LogP contribution in [0.3, 0.4) is 0 Å². The molecule has 2 N–H and O–H groups in total. The van der Waals surface area contributed by atoms with Crippen LogP contribution in [0.2, 0.25) is 0 Å². The van der Waals surface area contributed by atoms with Crippen LogP contribution in [0.4, 0.5) is 5.82 Å². The van der Waals surface area contributed by atoms with E-state index in [-0.39, 0.29) is 0 Å². The first kappa shape index (κ1) is 10.5. The number of aromatic nitrogens is 2. The molecule has 0 unspecified atom stereocenters. The van der Waals surface area contributed by atoms with Crippen LogP contribution in [0.5, 0.6) is 0 Å². The van der Waals surface area contributed by atoms with Gasteiger partial charge in [-0.3, -0.25) is 0 Å². The highest BCUT2D eigenvalue weighted by Crippen LogP contribution is 2.07. The predicted octanol–water partition coefficient (Wildman–Crippen LogP) is 0.395. The highest BCUT2D eigenvalue weighted by atomic mass is 15.3. The first-order valence-electron chi connectivity index (χ1n) is 4.53. The minimum atomic E-state index is 0.411. The van der Waals surface area contributed by atoms with Gasteiger partial charge in [-0.15, -0.1) is 11.5 Å². The van der Waals surface area contributed by atoms with Gasteiger partial charge in [0, 0.05) is 13.1 Å². The van der Waals surface area contributed by atoms with Crippen molar-refractivity contribution >= 4 is 5.82 Å². The maximum atomic E-state index is 5.42. The van der Waals surface area contributed by atoms with Crippen LogP contribution in [0, 0.1) is 12.3 Å². The number of hydrogen-bond acceptors (Lipinski definition) is 4. The van der Waals surface area contributed by atoms with Gasteiger partial charge in [-0.25, -0.2) is 0 Å². The molecule has 1 aromatic heterocycles. The molecule has 4 nitrogen and oxygen atoms in total. The lowest BCUT2D eigenvalue weighted by molar-refractivity contribution is 0.833. The van der Waals surface area contributed by atoms with E-state index in [0.29, 0.717) is 13.1 Å². The normalized spacial score (nSPS) is 9.50. The summed E-state index contributed by atoms with van der Waals surface area (Å²) in [5, 5.41) is 8.00. The smallest absolute Gasteiger partial charge is 0.152 e. The molecule has 74 valence electrons. The van der Waals surface area contributed by atoms with Crippen LogP contribution in [0.15, 0.2) is 12.1 Å². The largest absolute Gasteiger partial charge is 0.344 e. The minimum Gasteiger partial charge on any atom is -0.344 e. The first-order chi connectivity index (χ1) is 6.81. The van der Waals surface area contributed by atoms with Crippen LogP contribution in [-0.2, 0) is 6.54 Å². The van der Waals surface area contributed by atoms with Crippen molar-refractivity contribution in [3.05, 3.63) is 17.8 Å². The number of nitrogens with zero attached hydrogens (tertiary/aromatic N) is 3. The lowest BCUT2D eigenvalue weighted by Gasteiger charge is -2.17. The van der Waals surface area contributed by atoms with E-state index in [1.165, 1.54) is 0 Å². The van der Waals surface area contributed by atoms with Gasteiger partial charge in [-0.2, -0.15) is 5.10 Å². The SMILES string of the molecule is C#CCN(CC)c1ccc(CN)nn1. The predicted molar refractivity (Wildman–Crippen MR) is 56.6 cm³/mol. The van der Waals surface area contributed by atoms with E-state index in [1.807, 2.05) is 24.0 Å². The van der Waals surface area contributed by atoms with Crippen molar-refractivity contribution in [3.8, 4) is 12.3 Å². The average molecular weight is 190 g/mol. The van der Waals surface area contributed by atoms with Gasteiger partial charge >= 0.3 is 0 Å². The fourth-order valence-corrected chi connectivity index (χ4v) is 1.10. The second kappa shape index (κ2) is 5.20. The van der Waals surface area contributed by atoms with Gasteiger partial charge in [0.05, 0.1) is 12.2 Å². The van der Waals surface area contributed by atoms with Crippen molar-refractivity contribution in [2.24, 2.45) is 5.73 Å². The molecular weight excluding hydrogens is 176 g/mol. The number of hydrogen-bond donors (Lipinski definition) is 1. The highest BCUT2D eigenvalue weighted by molar-refractivity contribution is 5.38. The van der Waals surface area contributed by atoms with Crippen molar-refractivity contribution < 1.29 is 0 Å². The van der Waals surface area contributed by atoms with Gasteiger partial charge in [-0.05, 0) is 19.1 Å².